The molecule has 2 aliphatic heterocycles. The van der Waals surface area contributed by atoms with Gasteiger partial charge in [0.25, 0.3) is 5.91 Å². The minimum Gasteiger partial charge on any atom is -0.339 e. The van der Waals surface area contributed by atoms with Crippen LogP contribution >= 0.6 is 0 Å². The second-order valence-corrected chi connectivity index (χ2v) is 8.46. The SMILES string of the molecule is Cc1c(F)cccc1CN1CCC2(CC1)CCN(C(=O)c1ccccc1)CC2. The van der Waals surface area contributed by atoms with Gasteiger partial charge in [0.15, 0.2) is 0 Å². The normalized spacial score (nSPS) is 19.7. The molecular weight excluding hydrogens is 351 g/mol. The molecule has 0 bridgehead atoms. The Kier molecular flexibility index (Phi) is 5.49. The van der Waals surface area contributed by atoms with E-state index in [4.69, 9.17) is 0 Å². The second kappa shape index (κ2) is 8.04. The maximum atomic E-state index is 13.8. The first kappa shape index (κ1) is 19.1. The Morgan fingerprint density at radius 2 is 1.57 bits per heavy atom. The highest BCUT2D eigenvalue weighted by Crippen LogP contribution is 2.41. The Bertz CT molecular complexity index is 818. The zero-order valence-corrected chi connectivity index (χ0v) is 16.7. The lowest BCUT2D eigenvalue weighted by Gasteiger charge is -2.47. The molecule has 2 aromatic carbocycles. The Morgan fingerprint density at radius 3 is 2.25 bits per heavy atom. The lowest BCUT2D eigenvalue weighted by molar-refractivity contribution is 0.0284. The van der Waals surface area contributed by atoms with Gasteiger partial charge in [0, 0.05) is 25.2 Å². The first-order chi connectivity index (χ1) is 13.6. The summed E-state index contributed by atoms with van der Waals surface area (Å²) in [6, 6.07) is 15.0. The summed E-state index contributed by atoms with van der Waals surface area (Å²) in [5.74, 6) is 0.0518. The quantitative estimate of drug-likeness (QED) is 0.774. The minimum atomic E-state index is -0.110. The Balaban J connectivity index is 1.31. The van der Waals surface area contributed by atoms with Crippen LogP contribution in [-0.2, 0) is 6.54 Å². The molecule has 1 amide bonds. The van der Waals surface area contributed by atoms with Crippen LogP contribution in [-0.4, -0.2) is 41.9 Å². The first-order valence-corrected chi connectivity index (χ1v) is 10.4. The van der Waals surface area contributed by atoms with Gasteiger partial charge in [-0.15, -0.1) is 0 Å². The molecule has 3 nitrogen and oxygen atoms in total. The zero-order valence-electron chi connectivity index (χ0n) is 16.7. The van der Waals surface area contributed by atoms with Gasteiger partial charge >= 0.3 is 0 Å². The monoisotopic (exact) mass is 380 g/mol. The largest absolute Gasteiger partial charge is 0.339 e. The van der Waals surface area contributed by atoms with Gasteiger partial charge in [0.2, 0.25) is 0 Å². The van der Waals surface area contributed by atoms with Gasteiger partial charge in [0.05, 0.1) is 0 Å². The molecule has 0 unspecified atom stereocenters. The number of likely N-dealkylation sites (tertiary alicyclic amines) is 2. The van der Waals surface area contributed by atoms with Crippen LogP contribution in [0.4, 0.5) is 4.39 Å². The maximum absolute atomic E-state index is 13.8. The van der Waals surface area contributed by atoms with Gasteiger partial charge in [-0.25, -0.2) is 4.39 Å². The summed E-state index contributed by atoms with van der Waals surface area (Å²) in [7, 11) is 0. The predicted molar refractivity (Wildman–Crippen MR) is 110 cm³/mol. The van der Waals surface area contributed by atoms with Gasteiger partial charge in [-0.3, -0.25) is 9.69 Å². The molecule has 0 N–H and O–H groups in total. The Morgan fingerprint density at radius 1 is 0.929 bits per heavy atom. The number of amides is 1. The highest BCUT2D eigenvalue weighted by molar-refractivity contribution is 5.94. The molecule has 2 fully saturated rings. The molecule has 0 aliphatic carbocycles. The van der Waals surface area contributed by atoms with E-state index in [9.17, 15) is 9.18 Å². The minimum absolute atomic E-state index is 0.110. The van der Waals surface area contributed by atoms with Gasteiger partial charge in [-0.1, -0.05) is 30.3 Å². The van der Waals surface area contributed by atoms with Crippen molar-refractivity contribution in [2.24, 2.45) is 5.41 Å². The fraction of sp³-hybridized carbons (Fsp3) is 0.458. The molecule has 2 aromatic rings. The maximum Gasteiger partial charge on any atom is 0.253 e. The molecule has 148 valence electrons. The van der Waals surface area contributed by atoms with E-state index in [-0.39, 0.29) is 11.7 Å². The molecule has 4 rings (SSSR count). The van der Waals surface area contributed by atoms with Crippen molar-refractivity contribution in [1.29, 1.82) is 0 Å². The van der Waals surface area contributed by atoms with Crippen molar-refractivity contribution in [1.82, 2.24) is 9.80 Å². The number of nitrogens with zero attached hydrogens (tertiary/aromatic N) is 2. The number of benzene rings is 2. The van der Waals surface area contributed by atoms with E-state index in [1.165, 1.54) is 18.9 Å². The number of carbonyl (C=O) groups excluding carboxylic acids is 1. The molecule has 4 heteroatoms. The Labute approximate surface area is 167 Å². The highest BCUT2D eigenvalue weighted by Gasteiger charge is 2.38. The lowest BCUT2D eigenvalue weighted by atomic mass is 9.71. The van der Waals surface area contributed by atoms with Gasteiger partial charge in [-0.2, -0.15) is 0 Å². The van der Waals surface area contributed by atoms with Crippen LogP contribution in [0, 0.1) is 18.2 Å². The molecule has 1 spiro atoms. The van der Waals surface area contributed by atoms with Crippen LogP contribution in [0.5, 0.6) is 0 Å². The third-order valence-electron chi connectivity index (χ3n) is 6.82. The summed E-state index contributed by atoms with van der Waals surface area (Å²) in [5, 5.41) is 0. The predicted octanol–water partition coefficient (Wildman–Crippen LogP) is 4.65. The second-order valence-electron chi connectivity index (χ2n) is 8.46. The van der Waals surface area contributed by atoms with Crippen molar-refractivity contribution < 1.29 is 9.18 Å². The highest BCUT2D eigenvalue weighted by atomic mass is 19.1. The summed E-state index contributed by atoms with van der Waals surface area (Å²) in [5.41, 5.74) is 3.04. The van der Waals surface area contributed by atoms with Crippen LogP contribution in [0.3, 0.4) is 0 Å². The molecule has 0 saturated carbocycles. The summed E-state index contributed by atoms with van der Waals surface area (Å²) >= 11 is 0. The average molecular weight is 381 g/mol. The van der Waals surface area contributed by atoms with E-state index in [1.54, 1.807) is 0 Å². The Hall–Kier alpha value is -2.20. The third kappa shape index (κ3) is 3.97. The van der Waals surface area contributed by atoms with Crippen LogP contribution in [0.1, 0.15) is 47.2 Å². The smallest absolute Gasteiger partial charge is 0.253 e. The molecule has 2 heterocycles. The van der Waals surface area contributed by atoms with Crippen molar-refractivity contribution in [3.8, 4) is 0 Å². The van der Waals surface area contributed by atoms with E-state index in [2.05, 4.69) is 4.90 Å². The summed E-state index contributed by atoms with van der Waals surface area (Å²) < 4.78 is 13.8. The molecule has 28 heavy (non-hydrogen) atoms. The lowest BCUT2D eigenvalue weighted by Crippen LogP contribution is -2.48. The molecule has 0 aromatic heterocycles. The van der Waals surface area contributed by atoms with Crippen LogP contribution in [0.15, 0.2) is 48.5 Å². The molecule has 2 saturated heterocycles. The topological polar surface area (TPSA) is 23.6 Å². The van der Waals surface area contributed by atoms with Crippen molar-refractivity contribution in [3.05, 3.63) is 71.0 Å². The van der Waals surface area contributed by atoms with Gasteiger partial charge in [0.1, 0.15) is 5.82 Å². The van der Waals surface area contributed by atoms with E-state index >= 15 is 0 Å². The van der Waals surface area contributed by atoms with E-state index < -0.39 is 0 Å². The van der Waals surface area contributed by atoms with Crippen molar-refractivity contribution in [2.75, 3.05) is 26.2 Å². The summed E-state index contributed by atoms with van der Waals surface area (Å²) in [4.78, 5) is 17.1. The van der Waals surface area contributed by atoms with Crippen molar-refractivity contribution >= 4 is 5.91 Å². The van der Waals surface area contributed by atoms with Crippen LogP contribution < -0.4 is 0 Å². The fourth-order valence-corrected chi connectivity index (χ4v) is 4.70. The molecule has 0 radical (unpaired) electrons. The molecule has 2 aliphatic rings. The van der Waals surface area contributed by atoms with E-state index in [1.807, 2.05) is 54.3 Å². The van der Waals surface area contributed by atoms with Crippen molar-refractivity contribution in [3.63, 3.8) is 0 Å². The zero-order chi connectivity index (χ0) is 19.6. The standard InChI is InChI=1S/C24H29FN2O/c1-19-21(8-5-9-22(19)25)18-26-14-10-24(11-15-26)12-16-27(17-13-24)23(28)20-6-3-2-4-7-20/h2-9H,10-18H2,1H3. The fourth-order valence-electron chi connectivity index (χ4n) is 4.70. The number of rotatable bonds is 3. The number of halogens is 1. The molecular formula is C24H29FN2O. The van der Waals surface area contributed by atoms with E-state index in [0.717, 1.165) is 62.3 Å². The van der Waals surface area contributed by atoms with Gasteiger partial charge < -0.3 is 4.90 Å². The summed E-state index contributed by atoms with van der Waals surface area (Å²) in [6.07, 6.45) is 4.54. The van der Waals surface area contributed by atoms with Crippen LogP contribution in [0.25, 0.3) is 0 Å². The molecule has 0 atom stereocenters. The first-order valence-electron chi connectivity index (χ1n) is 10.4. The van der Waals surface area contributed by atoms with Gasteiger partial charge in [-0.05, 0) is 80.4 Å². The van der Waals surface area contributed by atoms with Crippen molar-refractivity contribution in [2.45, 2.75) is 39.2 Å². The third-order valence-corrected chi connectivity index (χ3v) is 6.82. The van der Waals surface area contributed by atoms with E-state index in [0.29, 0.717) is 5.41 Å². The number of carbonyl (C=O) groups is 1. The number of hydrogen-bond donors (Lipinski definition) is 0. The average Bonchev–Trinajstić information content (AvgIpc) is 2.74. The summed E-state index contributed by atoms with van der Waals surface area (Å²) in [6.45, 7) is 6.53. The number of piperidine rings is 2. The number of hydrogen-bond acceptors (Lipinski definition) is 2. The van der Waals surface area contributed by atoms with Crippen LogP contribution in [0.2, 0.25) is 0 Å².